The van der Waals surface area contributed by atoms with Gasteiger partial charge in [0.1, 0.15) is 15.4 Å². The zero-order valence-electron chi connectivity index (χ0n) is 11.1. The van der Waals surface area contributed by atoms with E-state index in [1.54, 1.807) is 0 Å². The summed E-state index contributed by atoms with van der Waals surface area (Å²) in [6.45, 7) is 0.156. The van der Waals surface area contributed by atoms with Gasteiger partial charge in [0.15, 0.2) is 0 Å². The van der Waals surface area contributed by atoms with E-state index in [0.717, 1.165) is 5.56 Å². The van der Waals surface area contributed by atoms with Crippen LogP contribution in [-0.4, -0.2) is 43.6 Å². The maximum Gasteiger partial charge on any atom is 0.148 e. The number of aliphatic hydroxyl groups is 1. The van der Waals surface area contributed by atoms with Crippen molar-refractivity contribution in [3.05, 3.63) is 35.9 Å². The summed E-state index contributed by atoms with van der Waals surface area (Å²) in [4.78, 5) is 0. The highest BCUT2D eigenvalue weighted by Gasteiger charge is 2.26. The van der Waals surface area contributed by atoms with Crippen LogP contribution in [0.5, 0.6) is 0 Å². The van der Waals surface area contributed by atoms with Crippen LogP contribution in [0.3, 0.4) is 0 Å². The lowest BCUT2D eigenvalue weighted by molar-refractivity contribution is 0.0431. The second-order valence-electron chi connectivity index (χ2n) is 4.59. The second-order valence-corrected chi connectivity index (χ2v) is 8.08. The third-order valence-corrected chi connectivity index (χ3v) is 5.10. The van der Waals surface area contributed by atoms with Gasteiger partial charge in [-0.25, -0.2) is 8.42 Å². The average molecular weight is 303 g/mol. The van der Waals surface area contributed by atoms with Gasteiger partial charge < -0.3 is 10.8 Å². The Labute approximate surface area is 119 Å². The van der Waals surface area contributed by atoms with Crippen LogP contribution in [0.25, 0.3) is 0 Å². The number of rotatable bonds is 8. The first-order valence-corrected chi connectivity index (χ1v) is 9.32. The summed E-state index contributed by atoms with van der Waals surface area (Å²) >= 11 is 1.52. The van der Waals surface area contributed by atoms with Crippen LogP contribution in [0.4, 0.5) is 0 Å². The van der Waals surface area contributed by atoms with E-state index in [1.165, 1.54) is 18.0 Å². The molecule has 1 atom stereocenters. The highest BCUT2D eigenvalue weighted by Crippen LogP contribution is 2.25. The third-order valence-electron chi connectivity index (χ3n) is 2.91. The fraction of sp³-hybridized carbons (Fsp3) is 0.538. The summed E-state index contributed by atoms with van der Waals surface area (Å²) in [5, 5.41) is 10.5. The molecule has 0 aromatic heterocycles. The molecule has 1 unspecified atom stereocenters. The Hall–Kier alpha value is -0.560. The highest BCUT2D eigenvalue weighted by molar-refractivity contribution is 8.00. The molecule has 4 nitrogen and oxygen atoms in total. The summed E-state index contributed by atoms with van der Waals surface area (Å²) < 4.78 is 22.0. The summed E-state index contributed by atoms with van der Waals surface area (Å²) in [5.41, 5.74) is 5.45. The second kappa shape index (κ2) is 7.28. The zero-order chi connectivity index (χ0) is 14.4. The number of hydrogen-bond acceptors (Lipinski definition) is 5. The number of nitrogens with two attached hydrogens (primary N) is 1. The molecule has 1 rings (SSSR count). The van der Waals surface area contributed by atoms with E-state index >= 15 is 0 Å². The smallest absolute Gasteiger partial charge is 0.148 e. The van der Waals surface area contributed by atoms with E-state index in [9.17, 15) is 13.5 Å². The summed E-state index contributed by atoms with van der Waals surface area (Å²) in [7, 11) is -2.91. The summed E-state index contributed by atoms with van der Waals surface area (Å²) in [5.74, 6) is 1.40. The van der Waals surface area contributed by atoms with Crippen LogP contribution in [0, 0.1) is 0 Å². The topological polar surface area (TPSA) is 80.4 Å². The van der Waals surface area contributed by atoms with Crippen molar-refractivity contribution in [3.63, 3.8) is 0 Å². The Kier molecular flexibility index (Phi) is 6.32. The summed E-state index contributed by atoms with van der Waals surface area (Å²) in [6, 6.07) is 9.34. The Balaban J connectivity index is 2.45. The minimum Gasteiger partial charge on any atom is -0.384 e. The van der Waals surface area contributed by atoms with Crippen molar-refractivity contribution in [2.45, 2.75) is 12.0 Å². The van der Waals surface area contributed by atoms with Crippen molar-refractivity contribution >= 4 is 21.6 Å². The minimum atomic E-state index is -2.91. The fourth-order valence-electron chi connectivity index (χ4n) is 1.67. The maximum absolute atomic E-state index is 11.0. The predicted molar refractivity (Wildman–Crippen MR) is 81.0 cm³/mol. The molecule has 0 saturated carbocycles. The largest absolute Gasteiger partial charge is 0.384 e. The molecule has 3 N–H and O–H groups in total. The predicted octanol–water partition coefficient (Wildman–Crippen LogP) is 1.00. The number of benzene rings is 1. The zero-order valence-corrected chi connectivity index (χ0v) is 12.7. The molecule has 108 valence electrons. The molecule has 0 bridgehead atoms. The molecule has 1 aromatic rings. The lowest BCUT2D eigenvalue weighted by Gasteiger charge is -2.27. The molecule has 0 aliphatic heterocycles. The standard InChI is InChI=1S/C13H21NO3S2/c1-19(16,17)10-9-18-8-7-13(15,11-14)12-5-3-2-4-6-12/h2-6,15H,7-11,14H2,1H3. The Morgan fingerprint density at radius 1 is 1.26 bits per heavy atom. The lowest BCUT2D eigenvalue weighted by atomic mass is 9.91. The van der Waals surface area contributed by atoms with Crippen LogP contribution < -0.4 is 5.73 Å². The molecule has 0 aliphatic carbocycles. The van der Waals surface area contributed by atoms with Crippen molar-refractivity contribution in [1.82, 2.24) is 0 Å². The molecular formula is C13H21NO3S2. The van der Waals surface area contributed by atoms with Crippen molar-refractivity contribution < 1.29 is 13.5 Å². The molecule has 19 heavy (non-hydrogen) atoms. The first kappa shape index (κ1) is 16.5. The van der Waals surface area contributed by atoms with Gasteiger partial charge in [-0.2, -0.15) is 11.8 Å². The van der Waals surface area contributed by atoms with E-state index in [4.69, 9.17) is 5.73 Å². The summed E-state index contributed by atoms with van der Waals surface area (Å²) in [6.07, 6.45) is 1.75. The quantitative estimate of drug-likeness (QED) is 0.700. The van der Waals surface area contributed by atoms with Gasteiger partial charge >= 0.3 is 0 Å². The van der Waals surface area contributed by atoms with E-state index < -0.39 is 15.4 Å². The number of hydrogen-bond donors (Lipinski definition) is 2. The highest BCUT2D eigenvalue weighted by atomic mass is 32.2. The number of thioether (sulfide) groups is 1. The Bertz CT molecular complexity index is 476. The van der Waals surface area contributed by atoms with E-state index in [0.29, 0.717) is 17.9 Å². The third kappa shape index (κ3) is 5.95. The van der Waals surface area contributed by atoms with Crippen LogP contribution in [0.1, 0.15) is 12.0 Å². The minimum absolute atomic E-state index is 0.156. The van der Waals surface area contributed by atoms with Crippen molar-refractivity contribution in [2.75, 3.05) is 30.1 Å². The normalized spacial score (nSPS) is 15.1. The van der Waals surface area contributed by atoms with Crippen molar-refractivity contribution in [1.29, 1.82) is 0 Å². The van der Waals surface area contributed by atoms with Gasteiger partial charge in [-0.05, 0) is 17.7 Å². The molecule has 0 saturated heterocycles. The maximum atomic E-state index is 11.0. The molecule has 6 heteroatoms. The SMILES string of the molecule is CS(=O)(=O)CCSCCC(O)(CN)c1ccccc1. The first-order valence-electron chi connectivity index (χ1n) is 6.11. The Morgan fingerprint density at radius 2 is 1.89 bits per heavy atom. The van der Waals surface area contributed by atoms with E-state index in [2.05, 4.69) is 0 Å². The van der Waals surface area contributed by atoms with Gasteiger partial charge in [-0.3, -0.25) is 0 Å². The van der Waals surface area contributed by atoms with Gasteiger partial charge in [0, 0.05) is 18.6 Å². The molecule has 0 amide bonds. The average Bonchev–Trinajstić information content (AvgIpc) is 2.38. The lowest BCUT2D eigenvalue weighted by Crippen LogP contribution is -2.35. The molecule has 0 fully saturated rings. The molecule has 0 aliphatic rings. The van der Waals surface area contributed by atoms with Gasteiger partial charge in [0.05, 0.1) is 5.75 Å². The van der Waals surface area contributed by atoms with Crippen molar-refractivity contribution in [3.8, 4) is 0 Å². The first-order chi connectivity index (χ1) is 8.87. The fourth-order valence-corrected chi connectivity index (χ4v) is 4.03. The molecule has 1 aromatic carbocycles. The molecule has 0 heterocycles. The van der Waals surface area contributed by atoms with E-state index in [1.807, 2.05) is 30.3 Å². The molecule has 0 spiro atoms. The van der Waals surface area contributed by atoms with Gasteiger partial charge in [-0.15, -0.1) is 0 Å². The van der Waals surface area contributed by atoms with E-state index in [-0.39, 0.29) is 12.3 Å². The monoisotopic (exact) mass is 303 g/mol. The van der Waals surface area contributed by atoms with Gasteiger partial charge in [0.25, 0.3) is 0 Å². The molecular weight excluding hydrogens is 282 g/mol. The van der Waals surface area contributed by atoms with Gasteiger partial charge in [0.2, 0.25) is 0 Å². The van der Waals surface area contributed by atoms with Crippen LogP contribution in [0.15, 0.2) is 30.3 Å². The van der Waals surface area contributed by atoms with Gasteiger partial charge in [-0.1, -0.05) is 30.3 Å². The Morgan fingerprint density at radius 3 is 2.42 bits per heavy atom. The van der Waals surface area contributed by atoms with Crippen LogP contribution in [0.2, 0.25) is 0 Å². The van der Waals surface area contributed by atoms with Crippen LogP contribution >= 0.6 is 11.8 Å². The van der Waals surface area contributed by atoms with Crippen molar-refractivity contribution in [2.24, 2.45) is 5.73 Å². The molecule has 0 radical (unpaired) electrons. The van der Waals surface area contributed by atoms with Crippen LogP contribution in [-0.2, 0) is 15.4 Å². The number of sulfone groups is 1.